The van der Waals surface area contributed by atoms with Gasteiger partial charge in [0.05, 0.1) is 13.2 Å². The molecule has 2 aromatic rings. The van der Waals surface area contributed by atoms with E-state index in [1.54, 1.807) is 31.3 Å². The normalized spacial score (nSPS) is 13.7. The Bertz CT molecular complexity index is 809. The molecule has 0 aliphatic carbocycles. The Hall–Kier alpha value is -2.71. The van der Waals surface area contributed by atoms with Crippen molar-refractivity contribution in [3.8, 4) is 0 Å². The molecule has 138 valence electrons. The van der Waals surface area contributed by atoms with E-state index >= 15 is 0 Å². The van der Waals surface area contributed by atoms with Crippen molar-refractivity contribution in [2.24, 2.45) is 5.73 Å². The van der Waals surface area contributed by atoms with Gasteiger partial charge in [-0.25, -0.2) is 4.98 Å². The van der Waals surface area contributed by atoms with E-state index in [4.69, 9.17) is 10.5 Å². The van der Waals surface area contributed by atoms with E-state index in [9.17, 15) is 9.59 Å². The highest BCUT2D eigenvalue weighted by Crippen LogP contribution is 2.16. The minimum atomic E-state index is -0.584. The lowest BCUT2D eigenvalue weighted by Gasteiger charge is -2.27. The van der Waals surface area contributed by atoms with Crippen molar-refractivity contribution >= 4 is 36.0 Å². The number of carbonyl (C=O) groups excluding carboxylic acids is 2. The van der Waals surface area contributed by atoms with Gasteiger partial charge < -0.3 is 15.4 Å². The molecule has 0 atom stereocenters. The van der Waals surface area contributed by atoms with Crippen LogP contribution in [0.3, 0.4) is 0 Å². The number of amides is 2. The van der Waals surface area contributed by atoms with Crippen LogP contribution in [-0.2, 0) is 4.74 Å². The molecule has 3 rings (SSSR count). The Morgan fingerprint density at radius 3 is 2.65 bits per heavy atom. The largest absolute Gasteiger partial charge is 0.378 e. The highest BCUT2D eigenvalue weighted by Gasteiger charge is 2.16. The number of rotatable bonds is 4. The number of hydrogen-bond acceptors (Lipinski definition) is 6. The number of ether oxygens (including phenoxy) is 1. The number of nitrogens with zero attached hydrogens (tertiary/aromatic N) is 3. The van der Waals surface area contributed by atoms with Crippen molar-refractivity contribution < 1.29 is 14.3 Å². The molecule has 1 aliphatic rings. The predicted molar refractivity (Wildman–Crippen MR) is 100.0 cm³/mol. The minimum absolute atomic E-state index is 0. The highest BCUT2D eigenvalue weighted by atomic mass is 35.5. The first-order valence-corrected chi connectivity index (χ1v) is 7.92. The second kappa shape index (κ2) is 8.59. The molecule has 1 aromatic carbocycles. The summed E-state index contributed by atoms with van der Waals surface area (Å²) in [5, 5.41) is 2.67. The van der Waals surface area contributed by atoms with Crippen LogP contribution >= 0.6 is 12.4 Å². The summed E-state index contributed by atoms with van der Waals surface area (Å²) in [5.41, 5.74) is 6.64. The number of halogens is 1. The minimum Gasteiger partial charge on any atom is -0.378 e. The Kier molecular flexibility index (Phi) is 6.48. The first-order chi connectivity index (χ1) is 12.0. The first-order valence-electron chi connectivity index (χ1n) is 7.92. The Morgan fingerprint density at radius 1 is 1.23 bits per heavy atom. The zero-order valence-electron chi connectivity index (χ0n) is 14.3. The number of carbonyl (C=O) groups is 2. The quantitative estimate of drug-likeness (QED) is 0.833. The average molecular weight is 378 g/mol. The molecule has 0 bridgehead atoms. The van der Waals surface area contributed by atoms with Crippen molar-refractivity contribution in [2.45, 2.75) is 6.92 Å². The van der Waals surface area contributed by atoms with E-state index < -0.39 is 5.91 Å². The summed E-state index contributed by atoms with van der Waals surface area (Å²) in [6.45, 7) is 4.55. The number of anilines is 2. The van der Waals surface area contributed by atoms with Crippen LogP contribution in [0, 0.1) is 6.92 Å². The lowest BCUT2D eigenvalue weighted by Crippen LogP contribution is -2.36. The molecule has 0 unspecified atom stereocenters. The highest BCUT2D eigenvalue weighted by molar-refractivity contribution is 6.06. The summed E-state index contributed by atoms with van der Waals surface area (Å²) in [4.78, 5) is 34.4. The molecule has 1 aliphatic heterocycles. The molecule has 3 N–H and O–H groups in total. The number of aromatic nitrogens is 2. The lowest BCUT2D eigenvalue weighted by atomic mass is 10.0. The van der Waals surface area contributed by atoms with Crippen molar-refractivity contribution in [2.75, 3.05) is 36.5 Å². The number of hydrogen-bond donors (Lipinski definition) is 2. The lowest BCUT2D eigenvalue weighted by molar-refractivity contribution is 0.1000. The van der Waals surface area contributed by atoms with Crippen LogP contribution < -0.4 is 16.0 Å². The molecular formula is C17H20ClN5O3. The van der Waals surface area contributed by atoms with Gasteiger partial charge in [-0.05, 0) is 30.7 Å². The fourth-order valence-corrected chi connectivity index (χ4v) is 2.57. The summed E-state index contributed by atoms with van der Waals surface area (Å²) >= 11 is 0. The van der Waals surface area contributed by atoms with Gasteiger partial charge in [-0.1, -0.05) is 6.07 Å². The maximum absolute atomic E-state index is 12.5. The van der Waals surface area contributed by atoms with Gasteiger partial charge in [0.2, 0.25) is 11.9 Å². The van der Waals surface area contributed by atoms with E-state index in [0.717, 1.165) is 24.5 Å². The standard InChI is InChI=1S/C17H19N5O3.ClH/c1-11-2-3-12(15(18)23)10-13(11)16(24)21-17-19-5-4-14(20-17)22-6-8-25-9-7-22;/h2-5,10H,6-9H2,1H3,(H2,18,23)(H,19,20,21,24);1H. The second-order valence-corrected chi connectivity index (χ2v) is 5.69. The van der Waals surface area contributed by atoms with Gasteiger partial charge >= 0.3 is 0 Å². The number of morpholine rings is 1. The number of benzene rings is 1. The van der Waals surface area contributed by atoms with E-state index in [2.05, 4.69) is 20.2 Å². The molecule has 8 nitrogen and oxygen atoms in total. The van der Waals surface area contributed by atoms with Crippen LogP contribution in [0.25, 0.3) is 0 Å². The third-order valence-corrected chi connectivity index (χ3v) is 3.97. The van der Waals surface area contributed by atoms with Crippen molar-refractivity contribution in [3.63, 3.8) is 0 Å². The molecule has 2 amide bonds. The number of nitrogens with two attached hydrogens (primary N) is 1. The Morgan fingerprint density at radius 2 is 1.96 bits per heavy atom. The van der Waals surface area contributed by atoms with E-state index in [0.29, 0.717) is 18.8 Å². The molecule has 1 aromatic heterocycles. The van der Waals surface area contributed by atoms with Crippen molar-refractivity contribution in [1.82, 2.24) is 9.97 Å². The van der Waals surface area contributed by atoms with Gasteiger partial charge in [-0.2, -0.15) is 4.98 Å². The van der Waals surface area contributed by atoms with Crippen LogP contribution in [-0.4, -0.2) is 48.1 Å². The third-order valence-electron chi connectivity index (χ3n) is 3.97. The molecular weight excluding hydrogens is 358 g/mol. The summed E-state index contributed by atoms with van der Waals surface area (Å²) in [5.74, 6) is -0.0339. The maximum Gasteiger partial charge on any atom is 0.258 e. The number of aryl methyl sites for hydroxylation is 1. The van der Waals surface area contributed by atoms with Gasteiger partial charge in [0.15, 0.2) is 0 Å². The summed E-state index contributed by atoms with van der Waals surface area (Å²) in [6, 6.07) is 6.53. The Balaban J connectivity index is 0.00000243. The van der Waals surface area contributed by atoms with Gasteiger partial charge in [-0.15, -0.1) is 12.4 Å². The second-order valence-electron chi connectivity index (χ2n) is 5.69. The van der Waals surface area contributed by atoms with Crippen LogP contribution in [0.15, 0.2) is 30.5 Å². The summed E-state index contributed by atoms with van der Waals surface area (Å²) in [6.07, 6.45) is 1.60. The van der Waals surface area contributed by atoms with Crippen LogP contribution in [0.1, 0.15) is 26.3 Å². The fraction of sp³-hybridized carbons (Fsp3) is 0.294. The zero-order chi connectivity index (χ0) is 17.8. The maximum atomic E-state index is 12.5. The first kappa shape index (κ1) is 19.6. The molecule has 9 heteroatoms. The Labute approximate surface area is 157 Å². The molecule has 26 heavy (non-hydrogen) atoms. The molecule has 1 saturated heterocycles. The van der Waals surface area contributed by atoms with Crippen molar-refractivity contribution in [1.29, 1.82) is 0 Å². The predicted octanol–water partition coefficient (Wildman–Crippen LogP) is 1.39. The van der Waals surface area contributed by atoms with E-state index in [1.807, 2.05) is 0 Å². The van der Waals surface area contributed by atoms with Gasteiger partial charge in [0, 0.05) is 30.4 Å². The average Bonchev–Trinajstić information content (AvgIpc) is 2.62. The molecule has 2 heterocycles. The fourth-order valence-electron chi connectivity index (χ4n) is 2.57. The van der Waals surface area contributed by atoms with Crippen LogP contribution in [0.5, 0.6) is 0 Å². The van der Waals surface area contributed by atoms with E-state index in [1.165, 1.54) is 6.07 Å². The van der Waals surface area contributed by atoms with Gasteiger partial charge in [-0.3, -0.25) is 14.9 Å². The topological polar surface area (TPSA) is 110 Å². The molecule has 0 spiro atoms. The van der Waals surface area contributed by atoms with Crippen molar-refractivity contribution in [3.05, 3.63) is 47.2 Å². The van der Waals surface area contributed by atoms with E-state index in [-0.39, 0.29) is 29.8 Å². The number of primary amides is 1. The third kappa shape index (κ3) is 4.47. The SMILES string of the molecule is Cc1ccc(C(N)=O)cc1C(=O)Nc1nccc(N2CCOCC2)n1.Cl. The monoisotopic (exact) mass is 377 g/mol. The number of nitrogens with one attached hydrogen (secondary N) is 1. The summed E-state index contributed by atoms with van der Waals surface area (Å²) in [7, 11) is 0. The van der Waals surface area contributed by atoms with Gasteiger partial charge in [0.1, 0.15) is 5.82 Å². The van der Waals surface area contributed by atoms with Crippen LogP contribution in [0.4, 0.5) is 11.8 Å². The molecule has 1 fully saturated rings. The van der Waals surface area contributed by atoms with Crippen LogP contribution in [0.2, 0.25) is 0 Å². The molecule has 0 saturated carbocycles. The smallest absolute Gasteiger partial charge is 0.258 e. The summed E-state index contributed by atoms with van der Waals surface area (Å²) < 4.78 is 5.32. The van der Waals surface area contributed by atoms with Gasteiger partial charge in [0.25, 0.3) is 5.91 Å². The molecule has 0 radical (unpaired) electrons. The zero-order valence-corrected chi connectivity index (χ0v) is 15.1.